The molecule has 6 nitrogen and oxygen atoms in total. The number of carbonyl (C=O) groups is 1. The molecule has 0 aliphatic carbocycles. The van der Waals surface area contributed by atoms with Crippen molar-refractivity contribution in [2.45, 2.75) is 31.7 Å². The zero-order chi connectivity index (χ0) is 15.5. The Hall–Kier alpha value is -2.44. The molecule has 1 aromatic carbocycles. The molecule has 1 aromatic heterocycles. The Morgan fingerprint density at radius 1 is 1.41 bits per heavy atom. The summed E-state index contributed by atoms with van der Waals surface area (Å²) < 4.78 is 18.8. The largest absolute Gasteiger partial charge is 0.465 e. The van der Waals surface area contributed by atoms with Crippen LogP contribution in [0.2, 0.25) is 0 Å². The first-order valence-corrected chi connectivity index (χ1v) is 7.21. The molecule has 1 saturated heterocycles. The fraction of sp³-hybridized carbons (Fsp3) is 0.400. The van der Waals surface area contributed by atoms with Gasteiger partial charge in [0.05, 0.1) is 0 Å². The predicted octanol–water partition coefficient (Wildman–Crippen LogP) is 2.95. The predicted molar refractivity (Wildman–Crippen MR) is 75.8 cm³/mol. The first kappa shape index (κ1) is 14.5. The summed E-state index contributed by atoms with van der Waals surface area (Å²) in [6.45, 7) is 0.533. The van der Waals surface area contributed by atoms with Gasteiger partial charge in [-0.2, -0.15) is 0 Å². The van der Waals surface area contributed by atoms with Gasteiger partial charge in [-0.15, -0.1) is 10.2 Å². The lowest BCUT2D eigenvalue weighted by molar-refractivity contribution is 0.104. The summed E-state index contributed by atoms with van der Waals surface area (Å²) in [5, 5.41) is 17.1. The van der Waals surface area contributed by atoms with E-state index in [0.29, 0.717) is 24.4 Å². The molecule has 1 aliphatic rings. The van der Waals surface area contributed by atoms with E-state index >= 15 is 0 Å². The molecule has 7 heteroatoms. The summed E-state index contributed by atoms with van der Waals surface area (Å²) >= 11 is 0. The van der Waals surface area contributed by atoms with E-state index in [1.807, 2.05) is 0 Å². The van der Waals surface area contributed by atoms with Gasteiger partial charge in [0, 0.05) is 24.6 Å². The lowest BCUT2D eigenvalue weighted by Crippen LogP contribution is -2.44. The first-order valence-electron chi connectivity index (χ1n) is 7.21. The quantitative estimate of drug-likeness (QED) is 0.943. The van der Waals surface area contributed by atoms with Crippen molar-refractivity contribution in [2.24, 2.45) is 0 Å². The van der Waals surface area contributed by atoms with Crippen LogP contribution in [0.1, 0.15) is 25.2 Å². The number of hydrogen-bond donors (Lipinski definition) is 1. The third kappa shape index (κ3) is 3.08. The first-order chi connectivity index (χ1) is 10.6. The monoisotopic (exact) mass is 305 g/mol. The van der Waals surface area contributed by atoms with Crippen molar-refractivity contribution in [2.75, 3.05) is 6.54 Å². The van der Waals surface area contributed by atoms with Gasteiger partial charge in [0.25, 0.3) is 0 Å². The Morgan fingerprint density at radius 2 is 2.27 bits per heavy atom. The van der Waals surface area contributed by atoms with Gasteiger partial charge >= 0.3 is 6.09 Å². The zero-order valence-electron chi connectivity index (χ0n) is 11.9. The van der Waals surface area contributed by atoms with E-state index in [0.717, 1.165) is 19.3 Å². The van der Waals surface area contributed by atoms with Crippen molar-refractivity contribution in [3.63, 3.8) is 0 Å². The van der Waals surface area contributed by atoms with Crippen molar-refractivity contribution < 1.29 is 18.7 Å². The van der Waals surface area contributed by atoms with Crippen molar-refractivity contribution in [1.29, 1.82) is 0 Å². The number of nitrogens with zero attached hydrogens (tertiary/aromatic N) is 3. The molecule has 0 bridgehead atoms. The van der Waals surface area contributed by atoms with E-state index in [-0.39, 0.29) is 17.7 Å². The molecule has 0 saturated carbocycles. The molecule has 1 aliphatic heterocycles. The van der Waals surface area contributed by atoms with Gasteiger partial charge in [-0.25, -0.2) is 9.18 Å². The van der Waals surface area contributed by atoms with E-state index in [2.05, 4.69) is 10.2 Å². The van der Waals surface area contributed by atoms with Crippen LogP contribution in [-0.2, 0) is 6.42 Å². The average Bonchev–Trinajstić information content (AvgIpc) is 2.96. The van der Waals surface area contributed by atoms with Crippen LogP contribution in [0.5, 0.6) is 0 Å². The standard InChI is InChI=1S/C15H16FN3O3/c16-11-5-3-4-10(8-11)14-18-17-13(22-14)9-12-6-1-2-7-19(12)15(20)21/h3-5,8,12H,1-2,6-7,9H2,(H,20,21)/t12-/m0/s1. The van der Waals surface area contributed by atoms with Gasteiger partial charge < -0.3 is 14.4 Å². The Bertz CT molecular complexity index is 674. The Balaban J connectivity index is 1.75. The summed E-state index contributed by atoms with van der Waals surface area (Å²) in [7, 11) is 0. The Labute approximate surface area is 126 Å². The number of rotatable bonds is 3. The highest BCUT2D eigenvalue weighted by atomic mass is 19.1. The molecule has 0 unspecified atom stereocenters. The molecule has 3 rings (SSSR count). The van der Waals surface area contributed by atoms with E-state index in [9.17, 15) is 14.3 Å². The molecule has 1 atom stereocenters. The second-order valence-corrected chi connectivity index (χ2v) is 5.34. The SMILES string of the molecule is O=C(O)N1CCCC[C@H]1Cc1nnc(-c2cccc(F)c2)o1. The summed E-state index contributed by atoms with van der Waals surface area (Å²) in [5.41, 5.74) is 0.512. The number of piperidine rings is 1. The number of aromatic nitrogens is 2. The summed E-state index contributed by atoms with van der Waals surface area (Å²) in [4.78, 5) is 12.7. The van der Waals surface area contributed by atoms with Crippen LogP contribution >= 0.6 is 0 Å². The van der Waals surface area contributed by atoms with Gasteiger partial charge in [-0.1, -0.05) is 6.07 Å². The maximum Gasteiger partial charge on any atom is 0.407 e. The van der Waals surface area contributed by atoms with E-state index in [1.165, 1.54) is 17.0 Å². The summed E-state index contributed by atoms with van der Waals surface area (Å²) in [6.07, 6.45) is 2.11. The van der Waals surface area contributed by atoms with Crippen LogP contribution in [0.25, 0.3) is 11.5 Å². The van der Waals surface area contributed by atoms with Crippen LogP contribution in [0.4, 0.5) is 9.18 Å². The van der Waals surface area contributed by atoms with Crippen LogP contribution in [0, 0.1) is 5.82 Å². The minimum absolute atomic E-state index is 0.146. The second kappa shape index (κ2) is 6.13. The fourth-order valence-corrected chi connectivity index (χ4v) is 2.74. The van der Waals surface area contributed by atoms with Gasteiger partial charge in [0.1, 0.15) is 5.82 Å². The number of carboxylic acid groups (broad SMARTS) is 1. The smallest absolute Gasteiger partial charge is 0.407 e. The van der Waals surface area contributed by atoms with Crippen LogP contribution in [0.3, 0.4) is 0 Å². The second-order valence-electron chi connectivity index (χ2n) is 5.34. The minimum atomic E-state index is -0.922. The van der Waals surface area contributed by atoms with Crippen LogP contribution in [-0.4, -0.2) is 38.9 Å². The number of benzene rings is 1. The molecule has 0 spiro atoms. The highest BCUT2D eigenvalue weighted by Crippen LogP contribution is 2.23. The molecule has 116 valence electrons. The molecule has 22 heavy (non-hydrogen) atoms. The van der Waals surface area contributed by atoms with Gasteiger partial charge in [0.15, 0.2) is 0 Å². The third-order valence-electron chi connectivity index (χ3n) is 3.82. The minimum Gasteiger partial charge on any atom is -0.465 e. The number of likely N-dealkylation sites (tertiary alicyclic amines) is 1. The van der Waals surface area contributed by atoms with E-state index in [1.54, 1.807) is 12.1 Å². The molecule has 1 N–H and O–H groups in total. The van der Waals surface area contributed by atoms with Crippen LogP contribution < -0.4 is 0 Å². The molecular weight excluding hydrogens is 289 g/mol. The molecular formula is C15H16FN3O3. The van der Waals surface area contributed by atoms with Gasteiger partial charge in [-0.3, -0.25) is 0 Å². The zero-order valence-corrected chi connectivity index (χ0v) is 11.9. The highest BCUT2D eigenvalue weighted by Gasteiger charge is 2.28. The van der Waals surface area contributed by atoms with Gasteiger partial charge in [0.2, 0.25) is 11.8 Å². The van der Waals surface area contributed by atoms with Gasteiger partial charge in [-0.05, 0) is 37.5 Å². The van der Waals surface area contributed by atoms with Crippen molar-refractivity contribution in [3.8, 4) is 11.5 Å². The normalized spacial score (nSPS) is 18.4. The average molecular weight is 305 g/mol. The lowest BCUT2D eigenvalue weighted by atomic mass is 10.00. The van der Waals surface area contributed by atoms with Crippen molar-refractivity contribution >= 4 is 6.09 Å². The van der Waals surface area contributed by atoms with Crippen molar-refractivity contribution in [1.82, 2.24) is 15.1 Å². The fourth-order valence-electron chi connectivity index (χ4n) is 2.74. The van der Waals surface area contributed by atoms with Crippen LogP contribution in [0.15, 0.2) is 28.7 Å². The van der Waals surface area contributed by atoms with Crippen molar-refractivity contribution in [3.05, 3.63) is 36.0 Å². The summed E-state index contributed by atoms with van der Waals surface area (Å²) in [6, 6.07) is 5.77. The molecule has 2 aromatic rings. The number of halogens is 1. The number of amides is 1. The number of hydrogen-bond acceptors (Lipinski definition) is 4. The summed E-state index contributed by atoms with van der Waals surface area (Å²) in [5.74, 6) is 0.242. The Kier molecular flexibility index (Phi) is 4.04. The molecule has 1 amide bonds. The highest BCUT2D eigenvalue weighted by molar-refractivity contribution is 5.65. The van der Waals surface area contributed by atoms with E-state index < -0.39 is 6.09 Å². The topological polar surface area (TPSA) is 79.5 Å². The lowest BCUT2D eigenvalue weighted by Gasteiger charge is -2.32. The maximum absolute atomic E-state index is 13.2. The maximum atomic E-state index is 13.2. The Morgan fingerprint density at radius 3 is 3.05 bits per heavy atom. The molecule has 1 fully saturated rings. The third-order valence-corrected chi connectivity index (χ3v) is 3.82. The van der Waals surface area contributed by atoms with E-state index in [4.69, 9.17) is 4.42 Å². The molecule has 0 radical (unpaired) electrons. The molecule has 2 heterocycles.